The maximum Gasteiger partial charge on any atom is 0.360 e. The van der Waals surface area contributed by atoms with E-state index in [1.54, 1.807) is 0 Å². The molecule has 1 heterocycles. The zero-order valence-electron chi connectivity index (χ0n) is 10.4. The van der Waals surface area contributed by atoms with Crippen molar-refractivity contribution in [1.82, 2.24) is 0 Å². The average molecular weight is 235 g/mol. The fourth-order valence-electron chi connectivity index (χ4n) is 2.20. The van der Waals surface area contributed by atoms with Crippen molar-refractivity contribution in [2.24, 2.45) is 0 Å². The van der Waals surface area contributed by atoms with Gasteiger partial charge in [-0.05, 0) is 17.7 Å². The first-order chi connectivity index (χ1) is 8.83. The number of para-hydroxylation sites is 1. The van der Waals surface area contributed by atoms with Crippen LogP contribution in [0.5, 0.6) is 0 Å². The first-order valence-electron chi connectivity index (χ1n) is 6.18. The molecule has 0 aliphatic carbocycles. The molecule has 0 saturated heterocycles. The van der Waals surface area contributed by atoms with Crippen LogP contribution in [0.4, 0.5) is 0 Å². The van der Waals surface area contributed by atoms with E-state index < -0.39 is 0 Å². The molecule has 0 N–H and O–H groups in total. The van der Waals surface area contributed by atoms with Gasteiger partial charge in [0.25, 0.3) is 0 Å². The highest BCUT2D eigenvalue weighted by atomic mass is 16.3. The third-order valence-electron chi connectivity index (χ3n) is 3.20. The van der Waals surface area contributed by atoms with Gasteiger partial charge in [0.15, 0.2) is 0 Å². The monoisotopic (exact) mass is 235 g/mol. The maximum absolute atomic E-state index is 5.86. The predicted molar refractivity (Wildman–Crippen MR) is 74.6 cm³/mol. The Morgan fingerprint density at radius 3 is 2.44 bits per heavy atom. The van der Waals surface area contributed by atoms with Crippen molar-refractivity contribution >= 4 is 11.0 Å². The van der Waals surface area contributed by atoms with Gasteiger partial charge in [0.1, 0.15) is 0 Å². The summed E-state index contributed by atoms with van der Waals surface area (Å²) in [7, 11) is 0. The Balaban J connectivity index is 2.04. The second kappa shape index (κ2) is 4.61. The normalized spacial score (nSPS) is 10.7. The molecule has 0 spiro atoms. The fourth-order valence-corrected chi connectivity index (χ4v) is 2.20. The third kappa shape index (κ3) is 2.12. The molecule has 1 nitrogen and oxygen atoms in total. The summed E-state index contributed by atoms with van der Waals surface area (Å²) in [6.45, 7) is 2.03. The summed E-state index contributed by atoms with van der Waals surface area (Å²) < 4.78 is 5.86. The molecule has 1 aromatic heterocycles. The van der Waals surface area contributed by atoms with Gasteiger partial charge in [0.05, 0.1) is 17.9 Å². The second-order valence-electron chi connectivity index (χ2n) is 4.53. The maximum atomic E-state index is 5.86. The molecule has 0 bridgehead atoms. The van der Waals surface area contributed by atoms with Crippen LogP contribution < -0.4 is 0 Å². The molecule has 1 heteroatoms. The largest absolute Gasteiger partial charge is 0.360 e. The van der Waals surface area contributed by atoms with Crippen LogP contribution in [0.25, 0.3) is 11.0 Å². The molecule has 0 saturated carbocycles. The molecule has 3 aromatic rings. The van der Waals surface area contributed by atoms with Crippen molar-refractivity contribution in [3.05, 3.63) is 77.6 Å². The zero-order chi connectivity index (χ0) is 12.4. The van der Waals surface area contributed by atoms with Gasteiger partial charge in [0, 0.05) is 12.5 Å². The summed E-state index contributed by atoms with van der Waals surface area (Å²) >= 11 is 0. The molecule has 88 valence electrons. The number of hydrogen-bond donors (Lipinski definition) is 0. The molecule has 0 aliphatic rings. The van der Waals surface area contributed by atoms with E-state index in [0.717, 1.165) is 23.2 Å². The SMILES string of the molecule is Cc1[o+]c2ccccc2cc1Cc1ccccc1. The van der Waals surface area contributed by atoms with E-state index in [4.69, 9.17) is 4.42 Å². The van der Waals surface area contributed by atoms with Crippen LogP contribution in [0.2, 0.25) is 0 Å². The molecular formula is C17H15O+. The van der Waals surface area contributed by atoms with Crippen LogP contribution in [0.15, 0.2) is 65.1 Å². The summed E-state index contributed by atoms with van der Waals surface area (Å²) in [5, 5.41) is 1.16. The van der Waals surface area contributed by atoms with E-state index in [1.165, 1.54) is 11.1 Å². The summed E-state index contributed by atoms with van der Waals surface area (Å²) in [6, 6.07) is 20.8. The molecule has 0 aliphatic heterocycles. The Kier molecular flexibility index (Phi) is 2.81. The van der Waals surface area contributed by atoms with Crippen molar-refractivity contribution in [3.63, 3.8) is 0 Å². The van der Waals surface area contributed by atoms with Gasteiger partial charge in [-0.1, -0.05) is 42.5 Å². The van der Waals surface area contributed by atoms with E-state index >= 15 is 0 Å². The summed E-state index contributed by atoms with van der Waals surface area (Å²) in [4.78, 5) is 0. The first kappa shape index (κ1) is 11.0. The van der Waals surface area contributed by atoms with E-state index in [-0.39, 0.29) is 0 Å². The minimum atomic E-state index is 0.918. The van der Waals surface area contributed by atoms with Crippen molar-refractivity contribution < 1.29 is 4.42 Å². The van der Waals surface area contributed by atoms with Crippen LogP contribution in [0, 0.1) is 6.92 Å². The number of aryl methyl sites for hydroxylation is 1. The number of hydrogen-bond acceptors (Lipinski definition) is 0. The van der Waals surface area contributed by atoms with Crippen molar-refractivity contribution in [2.75, 3.05) is 0 Å². The lowest BCUT2D eigenvalue weighted by Crippen LogP contribution is -1.92. The highest BCUT2D eigenvalue weighted by Crippen LogP contribution is 2.21. The molecule has 0 amide bonds. The molecule has 0 unspecified atom stereocenters. The van der Waals surface area contributed by atoms with Gasteiger partial charge < -0.3 is 0 Å². The molecule has 0 atom stereocenters. The molecular weight excluding hydrogens is 220 g/mol. The lowest BCUT2D eigenvalue weighted by Gasteiger charge is -2.00. The van der Waals surface area contributed by atoms with Crippen LogP contribution in [-0.2, 0) is 6.42 Å². The molecule has 2 aromatic carbocycles. The summed E-state index contributed by atoms with van der Waals surface area (Å²) in [5.41, 5.74) is 3.51. The minimum Gasteiger partial charge on any atom is -0.212 e. The van der Waals surface area contributed by atoms with Crippen molar-refractivity contribution in [2.45, 2.75) is 13.3 Å². The predicted octanol–water partition coefficient (Wildman–Crippen LogP) is 4.61. The van der Waals surface area contributed by atoms with Crippen molar-refractivity contribution in [1.29, 1.82) is 0 Å². The first-order valence-corrected chi connectivity index (χ1v) is 6.18. The van der Waals surface area contributed by atoms with Gasteiger partial charge in [-0.15, -0.1) is 0 Å². The Morgan fingerprint density at radius 2 is 1.61 bits per heavy atom. The number of rotatable bonds is 2. The lowest BCUT2D eigenvalue weighted by atomic mass is 10.0. The Labute approximate surface area is 107 Å². The lowest BCUT2D eigenvalue weighted by molar-refractivity contribution is 0.558. The fraction of sp³-hybridized carbons (Fsp3) is 0.118. The quantitative estimate of drug-likeness (QED) is 0.590. The van der Waals surface area contributed by atoms with E-state index in [0.29, 0.717) is 0 Å². The Morgan fingerprint density at radius 1 is 0.889 bits per heavy atom. The van der Waals surface area contributed by atoms with Gasteiger partial charge >= 0.3 is 11.3 Å². The number of fused-ring (bicyclic) bond motifs is 1. The molecule has 0 radical (unpaired) electrons. The van der Waals surface area contributed by atoms with Crippen LogP contribution in [-0.4, -0.2) is 0 Å². The van der Waals surface area contributed by atoms with Gasteiger partial charge in [0.2, 0.25) is 0 Å². The highest BCUT2D eigenvalue weighted by Gasteiger charge is 2.14. The second-order valence-corrected chi connectivity index (χ2v) is 4.53. The van der Waals surface area contributed by atoms with E-state index in [2.05, 4.69) is 36.4 Å². The van der Waals surface area contributed by atoms with Crippen molar-refractivity contribution in [3.8, 4) is 0 Å². The van der Waals surface area contributed by atoms with Gasteiger partial charge in [-0.3, -0.25) is 0 Å². The molecule has 0 fully saturated rings. The molecule has 18 heavy (non-hydrogen) atoms. The minimum absolute atomic E-state index is 0.918. The zero-order valence-corrected chi connectivity index (χ0v) is 10.4. The standard InChI is InChI=1S/C17H15O/c1-13-16(11-14-7-3-2-4-8-14)12-15-9-5-6-10-17(15)18-13/h2-10,12H,11H2,1H3/q+1. The summed E-state index contributed by atoms with van der Waals surface area (Å²) in [5.74, 6) is 0.998. The average Bonchev–Trinajstić information content (AvgIpc) is 2.41. The topological polar surface area (TPSA) is 11.3 Å². The van der Waals surface area contributed by atoms with Crippen LogP contribution >= 0.6 is 0 Å². The van der Waals surface area contributed by atoms with E-state index in [1.807, 2.05) is 31.2 Å². The Hall–Kier alpha value is -2.15. The Bertz CT molecular complexity index is 672. The van der Waals surface area contributed by atoms with Crippen LogP contribution in [0.1, 0.15) is 16.9 Å². The number of benzene rings is 2. The summed E-state index contributed by atoms with van der Waals surface area (Å²) in [6.07, 6.45) is 0.918. The smallest absolute Gasteiger partial charge is 0.212 e. The molecule has 3 rings (SSSR count). The van der Waals surface area contributed by atoms with Gasteiger partial charge in [-0.2, -0.15) is 0 Å². The van der Waals surface area contributed by atoms with E-state index in [9.17, 15) is 0 Å². The highest BCUT2D eigenvalue weighted by molar-refractivity contribution is 5.77. The third-order valence-corrected chi connectivity index (χ3v) is 3.20. The van der Waals surface area contributed by atoms with Crippen LogP contribution in [0.3, 0.4) is 0 Å². The van der Waals surface area contributed by atoms with Gasteiger partial charge in [-0.25, -0.2) is 4.42 Å².